The highest BCUT2D eigenvalue weighted by molar-refractivity contribution is 6.12. The normalized spacial score (nSPS) is 13.2. The second kappa shape index (κ2) is 4.42. The van der Waals surface area contributed by atoms with Crippen LogP contribution in [0.1, 0.15) is 27.2 Å². The molecule has 0 spiro atoms. The minimum atomic E-state index is -0.132. The Morgan fingerprint density at radius 2 is 2.00 bits per heavy atom. The van der Waals surface area contributed by atoms with Gasteiger partial charge >= 0.3 is 0 Å². The van der Waals surface area contributed by atoms with E-state index < -0.39 is 0 Å². The maximum Gasteiger partial charge on any atom is 0.218 e. The zero-order valence-corrected chi connectivity index (χ0v) is 7.79. The van der Waals surface area contributed by atoms with Crippen LogP contribution in [0.25, 0.3) is 0 Å². The molecular weight excluding hydrogens is 137 g/mol. The van der Waals surface area contributed by atoms with Crippen molar-refractivity contribution in [1.82, 2.24) is 4.90 Å². The van der Waals surface area contributed by atoms with Gasteiger partial charge in [-0.25, -0.2) is 0 Å². The minimum Gasteiger partial charge on any atom is -0.352 e. The molecule has 2 nitrogen and oxygen atoms in total. The maximum absolute atomic E-state index is 10.8. The topological polar surface area (TPSA) is 20.3 Å². The van der Waals surface area contributed by atoms with Crippen LogP contribution in [0.15, 0.2) is 0 Å². The molecule has 0 aliphatic rings. The quantitative estimate of drug-likeness (QED) is 0.554. The number of hydrogen-bond acceptors (Lipinski definition) is 1. The van der Waals surface area contributed by atoms with E-state index in [0.29, 0.717) is 5.92 Å². The van der Waals surface area contributed by atoms with Crippen LogP contribution in [-0.2, 0) is 4.79 Å². The van der Waals surface area contributed by atoms with Crippen LogP contribution in [0, 0.1) is 5.92 Å². The highest BCUT2D eigenvalue weighted by Gasteiger charge is 2.11. The molecule has 0 aliphatic heterocycles. The summed E-state index contributed by atoms with van der Waals surface area (Å²) in [6.45, 7) is 5.71. The van der Waals surface area contributed by atoms with Gasteiger partial charge in [0.15, 0.2) is 0 Å². The summed E-state index contributed by atoms with van der Waals surface area (Å²) < 4.78 is 0. The summed E-state index contributed by atoms with van der Waals surface area (Å²) in [5.74, 6) is 0.428. The molecule has 0 heterocycles. The van der Waals surface area contributed by atoms with Crippen LogP contribution < -0.4 is 0 Å². The molecule has 3 heteroatoms. The number of carbonyl (C=O) groups is 1. The summed E-state index contributed by atoms with van der Waals surface area (Å²) in [6.07, 6.45) is 0.857. The van der Waals surface area contributed by atoms with Crippen molar-refractivity contribution >= 4 is 13.8 Å². The summed E-state index contributed by atoms with van der Waals surface area (Å²) >= 11 is 0. The van der Waals surface area contributed by atoms with Crippen molar-refractivity contribution in [3.63, 3.8) is 0 Å². The molecule has 0 aromatic heterocycles. The van der Waals surface area contributed by atoms with E-state index in [9.17, 15) is 4.79 Å². The Kier molecular flexibility index (Phi) is 4.23. The molecular formula is C8H16BNO. The first-order valence-corrected chi connectivity index (χ1v) is 3.94. The van der Waals surface area contributed by atoms with Crippen LogP contribution in [0.5, 0.6) is 0 Å². The molecule has 0 aliphatic carbocycles. The molecule has 0 bridgehead atoms. The van der Waals surface area contributed by atoms with E-state index in [1.165, 1.54) is 6.92 Å². The van der Waals surface area contributed by atoms with Crippen LogP contribution in [0.2, 0.25) is 0 Å². The third-order valence-corrected chi connectivity index (χ3v) is 1.71. The second-order valence-electron chi connectivity index (χ2n) is 3.33. The Hall–Kier alpha value is -0.465. The van der Waals surface area contributed by atoms with Gasteiger partial charge in [0.25, 0.3) is 0 Å². The fourth-order valence-electron chi connectivity index (χ4n) is 0.875. The zero-order chi connectivity index (χ0) is 9.02. The highest BCUT2D eigenvalue weighted by Crippen LogP contribution is 2.06. The SMILES string of the molecule is [B]C(CC(C)C)N(C)C(C)=O. The fraction of sp³-hybridized carbons (Fsp3) is 0.875. The summed E-state index contributed by atoms with van der Waals surface area (Å²) in [5, 5.41) is 0. The highest BCUT2D eigenvalue weighted by atomic mass is 16.2. The summed E-state index contributed by atoms with van der Waals surface area (Å²) in [6, 6.07) is 0. The van der Waals surface area contributed by atoms with Crippen LogP contribution in [-0.4, -0.2) is 31.6 Å². The molecule has 0 rings (SSSR count). The predicted octanol–water partition coefficient (Wildman–Crippen LogP) is 1.01. The number of rotatable bonds is 3. The van der Waals surface area contributed by atoms with Crippen molar-refractivity contribution < 1.29 is 4.79 Å². The largest absolute Gasteiger partial charge is 0.352 e. The molecule has 11 heavy (non-hydrogen) atoms. The number of nitrogens with zero attached hydrogens (tertiary/aromatic N) is 1. The minimum absolute atomic E-state index is 0.0261. The Balaban J connectivity index is 3.82. The predicted molar refractivity (Wildman–Crippen MR) is 47.4 cm³/mol. The lowest BCUT2D eigenvalue weighted by molar-refractivity contribution is -0.128. The zero-order valence-electron chi connectivity index (χ0n) is 7.79. The Morgan fingerprint density at radius 3 is 2.27 bits per heavy atom. The van der Waals surface area contributed by atoms with E-state index in [1.807, 2.05) is 0 Å². The fourth-order valence-corrected chi connectivity index (χ4v) is 0.875. The van der Waals surface area contributed by atoms with Gasteiger partial charge < -0.3 is 4.90 Å². The molecule has 0 saturated heterocycles. The van der Waals surface area contributed by atoms with Crippen molar-refractivity contribution in [3.05, 3.63) is 0 Å². The number of hydrogen-bond donors (Lipinski definition) is 0. The smallest absolute Gasteiger partial charge is 0.218 e. The van der Waals surface area contributed by atoms with Crippen molar-refractivity contribution in [3.8, 4) is 0 Å². The van der Waals surface area contributed by atoms with E-state index in [1.54, 1.807) is 11.9 Å². The Labute approximate surface area is 70.4 Å². The van der Waals surface area contributed by atoms with Crippen LogP contribution in [0.3, 0.4) is 0 Å². The first kappa shape index (κ1) is 10.5. The van der Waals surface area contributed by atoms with Gasteiger partial charge in [-0.15, -0.1) is 0 Å². The Morgan fingerprint density at radius 1 is 1.55 bits per heavy atom. The molecule has 1 atom stereocenters. The lowest BCUT2D eigenvalue weighted by Crippen LogP contribution is -2.36. The molecule has 0 saturated carbocycles. The van der Waals surface area contributed by atoms with Gasteiger partial charge in [-0.2, -0.15) is 0 Å². The lowest BCUT2D eigenvalue weighted by atomic mass is 9.87. The summed E-state index contributed by atoms with van der Waals surface area (Å²) in [4.78, 5) is 12.4. The molecule has 62 valence electrons. The van der Waals surface area contributed by atoms with E-state index >= 15 is 0 Å². The molecule has 1 amide bonds. The van der Waals surface area contributed by atoms with Gasteiger partial charge in [0.2, 0.25) is 5.91 Å². The summed E-state index contributed by atoms with van der Waals surface area (Å²) in [5.41, 5.74) is 0. The van der Waals surface area contributed by atoms with Crippen molar-refractivity contribution in [2.24, 2.45) is 5.92 Å². The average molecular weight is 153 g/mol. The number of carbonyl (C=O) groups excluding carboxylic acids is 1. The van der Waals surface area contributed by atoms with Gasteiger partial charge in [0, 0.05) is 14.0 Å². The first-order valence-electron chi connectivity index (χ1n) is 3.94. The van der Waals surface area contributed by atoms with Crippen molar-refractivity contribution in [1.29, 1.82) is 0 Å². The monoisotopic (exact) mass is 153 g/mol. The summed E-state index contributed by atoms with van der Waals surface area (Å²) in [7, 11) is 7.46. The van der Waals surface area contributed by atoms with Crippen molar-refractivity contribution in [2.75, 3.05) is 7.05 Å². The van der Waals surface area contributed by atoms with Gasteiger partial charge in [-0.1, -0.05) is 13.8 Å². The second-order valence-corrected chi connectivity index (χ2v) is 3.33. The maximum atomic E-state index is 10.8. The Bertz CT molecular complexity index is 136. The van der Waals surface area contributed by atoms with E-state index in [4.69, 9.17) is 7.85 Å². The molecule has 0 aromatic carbocycles. The molecule has 2 radical (unpaired) electrons. The number of amides is 1. The standard InChI is InChI=1S/C8H16BNO/c1-6(2)5-8(9)10(4)7(3)11/h6,8H,5H2,1-4H3. The van der Waals surface area contributed by atoms with Gasteiger partial charge in [-0.05, 0) is 18.3 Å². The first-order chi connectivity index (χ1) is 4.95. The van der Waals surface area contributed by atoms with Crippen molar-refractivity contribution in [2.45, 2.75) is 33.1 Å². The molecule has 1 unspecified atom stereocenters. The lowest BCUT2D eigenvalue weighted by Gasteiger charge is -2.25. The van der Waals surface area contributed by atoms with Gasteiger partial charge in [-0.3, -0.25) is 4.79 Å². The van der Waals surface area contributed by atoms with E-state index in [-0.39, 0.29) is 11.8 Å². The van der Waals surface area contributed by atoms with Gasteiger partial charge in [0.05, 0.1) is 7.85 Å². The average Bonchev–Trinajstić information content (AvgIpc) is 1.84. The molecule has 0 N–H and O–H groups in total. The van der Waals surface area contributed by atoms with E-state index in [0.717, 1.165) is 6.42 Å². The van der Waals surface area contributed by atoms with E-state index in [2.05, 4.69) is 13.8 Å². The van der Waals surface area contributed by atoms with Gasteiger partial charge in [0.1, 0.15) is 0 Å². The third kappa shape index (κ3) is 4.07. The van der Waals surface area contributed by atoms with Crippen LogP contribution >= 0.6 is 0 Å². The molecule has 0 fully saturated rings. The van der Waals surface area contributed by atoms with Crippen LogP contribution in [0.4, 0.5) is 0 Å². The molecule has 0 aromatic rings. The third-order valence-electron chi connectivity index (χ3n) is 1.71.